The molecule has 6 nitrogen and oxygen atoms in total. The Kier molecular flexibility index (Phi) is 6.18. The van der Waals surface area contributed by atoms with Crippen LogP contribution < -0.4 is 5.32 Å². The second-order valence-electron chi connectivity index (χ2n) is 6.57. The Balaban J connectivity index is 1.80. The molecule has 1 N–H and O–H groups in total. The minimum Gasteiger partial charge on any atom is -0.338 e. The van der Waals surface area contributed by atoms with Crippen molar-refractivity contribution < 1.29 is 4.79 Å². The van der Waals surface area contributed by atoms with Gasteiger partial charge in [-0.25, -0.2) is 4.79 Å². The number of hydrogen-bond acceptors (Lipinski definition) is 3. The Hall–Kier alpha value is -2.81. The van der Waals surface area contributed by atoms with Crippen LogP contribution in [-0.4, -0.2) is 34.3 Å². The van der Waals surface area contributed by atoms with Gasteiger partial charge in [0.25, 0.3) is 0 Å². The molecule has 2 rings (SSSR count). The van der Waals surface area contributed by atoms with Crippen LogP contribution in [-0.2, 0) is 13.1 Å². The second-order valence-corrected chi connectivity index (χ2v) is 6.57. The Morgan fingerprint density at radius 1 is 1.36 bits per heavy atom. The number of hydrogen-bond donors (Lipinski definition) is 1. The molecule has 2 aromatic rings. The highest BCUT2D eigenvalue weighted by Gasteiger charge is 2.12. The van der Waals surface area contributed by atoms with Crippen LogP contribution in [0.25, 0.3) is 0 Å². The van der Waals surface area contributed by atoms with Crippen molar-refractivity contribution in [1.82, 2.24) is 20.0 Å². The van der Waals surface area contributed by atoms with Gasteiger partial charge in [0.05, 0.1) is 17.3 Å². The molecule has 0 saturated heterocycles. The maximum Gasteiger partial charge on any atom is 0.317 e. The van der Waals surface area contributed by atoms with Crippen LogP contribution in [0.15, 0.2) is 30.3 Å². The summed E-state index contributed by atoms with van der Waals surface area (Å²) in [6, 6.07) is 11.3. The molecule has 1 unspecified atom stereocenters. The molecule has 1 aromatic carbocycles. The molecule has 0 saturated carbocycles. The smallest absolute Gasteiger partial charge is 0.317 e. The molecular formula is C19H25N5O. The van der Waals surface area contributed by atoms with Crippen molar-refractivity contribution in [2.75, 3.05) is 13.6 Å². The van der Waals surface area contributed by atoms with Gasteiger partial charge in [-0.1, -0.05) is 19.1 Å². The van der Waals surface area contributed by atoms with Gasteiger partial charge in [0.2, 0.25) is 0 Å². The molecule has 0 aliphatic rings. The SMILES string of the molecule is Cc1cc(C)n(CC(C)CNC(=O)N(C)Cc2ccc(C#N)cc2)n1. The lowest BCUT2D eigenvalue weighted by Crippen LogP contribution is -2.39. The van der Waals surface area contributed by atoms with Gasteiger partial charge < -0.3 is 10.2 Å². The van der Waals surface area contributed by atoms with Crippen molar-refractivity contribution >= 4 is 6.03 Å². The summed E-state index contributed by atoms with van der Waals surface area (Å²) in [6.07, 6.45) is 0. The van der Waals surface area contributed by atoms with Crippen molar-refractivity contribution in [2.24, 2.45) is 5.92 Å². The molecule has 0 aliphatic heterocycles. The molecule has 1 aromatic heterocycles. The normalized spacial score (nSPS) is 11.6. The number of aromatic nitrogens is 2. The number of carbonyl (C=O) groups is 1. The molecule has 0 radical (unpaired) electrons. The zero-order chi connectivity index (χ0) is 18.4. The van der Waals surface area contributed by atoms with Crippen LogP contribution in [0.4, 0.5) is 4.79 Å². The first-order chi connectivity index (χ1) is 11.9. The van der Waals surface area contributed by atoms with Crippen LogP contribution in [0.3, 0.4) is 0 Å². The fourth-order valence-electron chi connectivity index (χ4n) is 2.65. The van der Waals surface area contributed by atoms with E-state index in [-0.39, 0.29) is 11.9 Å². The quantitative estimate of drug-likeness (QED) is 0.879. The fraction of sp³-hybridized carbons (Fsp3) is 0.421. The van der Waals surface area contributed by atoms with E-state index in [2.05, 4.69) is 29.5 Å². The number of aryl methyl sites for hydroxylation is 2. The molecule has 1 heterocycles. The van der Waals surface area contributed by atoms with E-state index in [0.29, 0.717) is 18.7 Å². The first-order valence-corrected chi connectivity index (χ1v) is 8.38. The molecule has 0 spiro atoms. The fourth-order valence-corrected chi connectivity index (χ4v) is 2.65. The predicted octanol–water partition coefficient (Wildman–Crippen LogP) is 2.85. The average Bonchev–Trinajstić information content (AvgIpc) is 2.90. The van der Waals surface area contributed by atoms with Gasteiger partial charge in [-0.2, -0.15) is 10.4 Å². The maximum absolute atomic E-state index is 12.2. The summed E-state index contributed by atoms with van der Waals surface area (Å²) in [7, 11) is 1.76. The molecule has 0 fully saturated rings. The lowest BCUT2D eigenvalue weighted by molar-refractivity contribution is 0.204. The average molecular weight is 339 g/mol. The second kappa shape index (κ2) is 8.34. The van der Waals surface area contributed by atoms with E-state index in [0.717, 1.165) is 23.5 Å². The Morgan fingerprint density at radius 3 is 2.60 bits per heavy atom. The van der Waals surface area contributed by atoms with Gasteiger partial charge in [0.15, 0.2) is 0 Å². The van der Waals surface area contributed by atoms with Crippen molar-refractivity contribution in [3.63, 3.8) is 0 Å². The van der Waals surface area contributed by atoms with Crippen LogP contribution >= 0.6 is 0 Å². The third-order valence-electron chi connectivity index (χ3n) is 4.04. The van der Waals surface area contributed by atoms with E-state index in [1.54, 1.807) is 24.1 Å². The van der Waals surface area contributed by atoms with E-state index in [1.807, 2.05) is 30.7 Å². The monoisotopic (exact) mass is 339 g/mol. The molecule has 6 heteroatoms. The highest BCUT2D eigenvalue weighted by molar-refractivity contribution is 5.73. The van der Waals surface area contributed by atoms with Gasteiger partial charge in [-0.3, -0.25) is 4.68 Å². The molecular weight excluding hydrogens is 314 g/mol. The Morgan fingerprint density at radius 2 is 2.04 bits per heavy atom. The van der Waals surface area contributed by atoms with Gasteiger partial charge in [-0.15, -0.1) is 0 Å². The van der Waals surface area contributed by atoms with Crippen molar-refractivity contribution in [1.29, 1.82) is 5.26 Å². The lowest BCUT2D eigenvalue weighted by atomic mass is 10.1. The summed E-state index contributed by atoms with van der Waals surface area (Å²) in [5.41, 5.74) is 3.76. The molecule has 2 amide bonds. The largest absolute Gasteiger partial charge is 0.338 e. The third kappa shape index (κ3) is 5.35. The van der Waals surface area contributed by atoms with Gasteiger partial charge in [-0.05, 0) is 43.5 Å². The Bertz CT molecular complexity index is 757. The van der Waals surface area contributed by atoms with E-state index in [4.69, 9.17) is 5.26 Å². The summed E-state index contributed by atoms with van der Waals surface area (Å²) in [6.45, 7) is 7.99. The summed E-state index contributed by atoms with van der Waals surface area (Å²) < 4.78 is 1.98. The molecule has 0 aliphatic carbocycles. The standard InChI is InChI=1S/C19H25N5O/c1-14(12-24-16(3)9-15(2)22-24)11-21-19(25)23(4)13-18-7-5-17(10-20)6-8-18/h5-9,14H,11-13H2,1-4H3,(H,21,25). The number of nitriles is 1. The van der Waals surface area contributed by atoms with Gasteiger partial charge in [0, 0.05) is 32.4 Å². The van der Waals surface area contributed by atoms with Crippen LogP contribution in [0.2, 0.25) is 0 Å². The highest BCUT2D eigenvalue weighted by atomic mass is 16.2. The summed E-state index contributed by atoms with van der Waals surface area (Å²) >= 11 is 0. The Labute approximate surface area is 149 Å². The topological polar surface area (TPSA) is 74.0 Å². The number of benzene rings is 1. The molecule has 132 valence electrons. The highest BCUT2D eigenvalue weighted by Crippen LogP contribution is 2.08. The van der Waals surface area contributed by atoms with E-state index in [1.165, 1.54) is 0 Å². The molecule has 0 bridgehead atoms. The minimum atomic E-state index is -0.107. The number of carbonyl (C=O) groups excluding carboxylic acids is 1. The van der Waals surface area contributed by atoms with Crippen LogP contribution in [0.1, 0.15) is 29.4 Å². The number of nitrogens with one attached hydrogen (secondary N) is 1. The van der Waals surface area contributed by atoms with Crippen LogP contribution in [0, 0.1) is 31.1 Å². The lowest BCUT2D eigenvalue weighted by Gasteiger charge is -2.20. The number of rotatable bonds is 6. The zero-order valence-corrected chi connectivity index (χ0v) is 15.3. The minimum absolute atomic E-state index is 0.107. The van der Waals surface area contributed by atoms with E-state index < -0.39 is 0 Å². The summed E-state index contributed by atoms with van der Waals surface area (Å²) in [4.78, 5) is 13.9. The zero-order valence-electron chi connectivity index (χ0n) is 15.3. The maximum atomic E-state index is 12.2. The molecule has 25 heavy (non-hydrogen) atoms. The van der Waals surface area contributed by atoms with Crippen molar-refractivity contribution in [2.45, 2.75) is 33.9 Å². The van der Waals surface area contributed by atoms with E-state index in [9.17, 15) is 4.79 Å². The summed E-state index contributed by atoms with van der Waals surface area (Å²) in [5.74, 6) is 0.283. The van der Waals surface area contributed by atoms with Gasteiger partial charge >= 0.3 is 6.03 Å². The number of nitrogens with zero attached hydrogens (tertiary/aromatic N) is 4. The predicted molar refractivity (Wildman–Crippen MR) is 96.9 cm³/mol. The summed E-state index contributed by atoms with van der Waals surface area (Å²) in [5, 5.41) is 16.2. The van der Waals surface area contributed by atoms with Gasteiger partial charge in [0.1, 0.15) is 0 Å². The third-order valence-corrected chi connectivity index (χ3v) is 4.04. The van der Waals surface area contributed by atoms with E-state index >= 15 is 0 Å². The number of amides is 2. The first kappa shape index (κ1) is 18.5. The van der Waals surface area contributed by atoms with Crippen molar-refractivity contribution in [3.8, 4) is 6.07 Å². The van der Waals surface area contributed by atoms with Crippen LogP contribution in [0.5, 0.6) is 0 Å². The molecule has 1 atom stereocenters. The first-order valence-electron chi connectivity index (χ1n) is 8.38. The van der Waals surface area contributed by atoms with Crippen molar-refractivity contribution in [3.05, 3.63) is 52.8 Å². The number of urea groups is 1.